The van der Waals surface area contributed by atoms with Crippen LogP contribution in [-0.4, -0.2) is 16.4 Å². The molecule has 35 valence electrons. The van der Waals surface area contributed by atoms with Gasteiger partial charge in [-0.3, -0.25) is 0 Å². The van der Waals surface area contributed by atoms with Crippen LogP contribution in [0, 0.1) is 0 Å². The van der Waals surface area contributed by atoms with Gasteiger partial charge in [-0.05, 0) is 0 Å². The average molecular weight is 171 g/mol. The van der Waals surface area contributed by atoms with E-state index in [2.05, 4.69) is 0 Å². The Morgan fingerprint density at radius 1 is 1.33 bits per heavy atom. The van der Waals surface area contributed by atoms with Crippen LogP contribution in [0.5, 0.6) is 0 Å². The van der Waals surface area contributed by atoms with Gasteiger partial charge in [-0.25, -0.2) is 4.79 Å². The molecule has 0 aromatic rings. The van der Waals surface area contributed by atoms with E-state index >= 15 is 0 Å². The molecule has 0 fully saturated rings. The zero-order valence-electron chi connectivity index (χ0n) is 2.66. The fraction of sp³-hybridized carbons (Fsp3) is 0. The van der Waals surface area contributed by atoms with E-state index < -0.39 is 6.16 Å². The Bertz CT molecular complexity index is 38.8. The summed E-state index contributed by atoms with van der Waals surface area (Å²) in [6.07, 6.45) is -1.83. The minimum atomic E-state index is -1.83. The minimum absolute atomic E-state index is 0.500. The van der Waals surface area contributed by atoms with Crippen LogP contribution >= 0.6 is 0 Å². The fourth-order valence-electron chi connectivity index (χ4n) is 0. The maximum atomic E-state index is 8.56. The van der Waals surface area contributed by atoms with Gasteiger partial charge in [-0.15, -0.1) is 0 Å². The van der Waals surface area contributed by atoms with Crippen LogP contribution in [-0.2, 0) is 24.3 Å². The van der Waals surface area contributed by atoms with Crippen molar-refractivity contribution >= 4 is 6.16 Å². The first-order chi connectivity index (χ1) is 2.73. The van der Waals surface area contributed by atoms with Crippen LogP contribution < -0.4 is 0 Å². The first-order valence-corrected chi connectivity index (χ1v) is 1.73. The molecule has 0 aromatic heterocycles. The summed E-state index contributed by atoms with van der Waals surface area (Å²) in [7, 11) is 0. The molecule has 5 heteroatoms. The summed E-state index contributed by atoms with van der Waals surface area (Å²) in [4.78, 5) is 8.56. The van der Waals surface area contributed by atoms with E-state index in [-0.39, 0.29) is 0 Å². The predicted molar refractivity (Wildman–Crippen MR) is 11.3 cm³/mol. The molecule has 0 amide bonds. The van der Waals surface area contributed by atoms with E-state index in [1.165, 1.54) is 0 Å². The van der Waals surface area contributed by atoms with Crippen molar-refractivity contribution in [3.63, 3.8) is 0 Å². The topological polar surface area (TPSA) is 74.6 Å². The first kappa shape index (κ1) is 9.26. The van der Waals surface area contributed by atoms with Crippen molar-refractivity contribution in [2.45, 2.75) is 0 Å². The van der Waals surface area contributed by atoms with Crippen molar-refractivity contribution in [1.29, 1.82) is 0 Å². The summed E-state index contributed by atoms with van der Waals surface area (Å²) in [5, 5.41) is 13.9. The van der Waals surface area contributed by atoms with E-state index in [0.717, 1.165) is 0 Å². The summed E-state index contributed by atoms with van der Waals surface area (Å²) in [5.74, 6) is 0. The van der Waals surface area contributed by atoms with E-state index in [1.54, 1.807) is 0 Å². The van der Waals surface area contributed by atoms with Crippen LogP contribution in [0.4, 0.5) is 4.79 Å². The third-order valence-corrected chi connectivity index (χ3v) is 0. The van der Waals surface area contributed by atoms with E-state index in [9.17, 15) is 0 Å². The van der Waals surface area contributed by atoms with Gasteiger partial charge >= 0.3 is 30.4 Å². The van der Waals surface area contributed by atoms with Crippen molar-refractivity contribution in [2.75, 3.05) is 0 Å². The fourth-order valence-corrected chi connectivity index (χ4v) is 0. The van der Waals surface area contributed by atoms with Gasteiger partial charge in [0.2, 0.25) is 0 Å². The molecule has 0 aliphatic heterocycles. The molecule has 0 aliphatic carbocycles. The van der Waals surface area contributed by atoms with Gasteiger partial charge in [0.25, 0.3) is 0 Å². The van der Waals surface area contributed by atoms with Crippen molar-refractivity contribution in [2.24, 2.45) is 0 Å². The number of rotatable bonds is 0. The van der Waals surface area contributed by atoms with Gasteiger partial charge in [-0.2, -0.15) is 0 Å². The summed E-state index contributed by atoms with van der Waals surface area (Å²) in [5.41, 5.74) is 0. The van der Waals surface area contributed by atoms with Gasteiger partial charge in [-0.1, -0.05) is 0 Å². The third-order valence-electron chi connectivity index (χ3n) is 0. The van der Waals surface area contributed by atoms with Gasteiger partial charge in [0.05, 0.1) is 0 Å². The van der Waals surface area contributed by atoms with Crippen LogP contribution in [0.1, 0.15) is 0 Å². The van der Waals surface area contributed by atoms with E-state index in [4.69, 9.17) is 18.3 Å². The Labute approximate surface area is 46.0 Å². The zero-order chi connectivity index (χ0) is 5.58. The standard InChI is InChI=1S/CH2O3.Nb.O/c2-1(3)4;;/h(H2,2,3,4);;. The van der Waals surface area contributed by atoms with Gasteiger partial charge in [0.15, 0.2) is 0 Å². The van der Waals surface area contributed by atoms with Crippen molar-refractivity contribution in [3.8, 4) is 0 Å². The molecule has 0 bridgehead atoms. The van der Waals surface area contributed by atoms with Crippen LogP contribution in [0.15, 0.2) is 0 Å². The summed E-state index contributed by atoms with van der Waals surface area (Å²) < 4.78 is 8.30. The van der Waals surface area contributed by atoms with Crippen molar-refractivity contribution in [1.82, 2.24) is 0 Å². The van der Waals surface area contributed by atoms with Gasteiger partial charge in [0, 0.05) is 0 Å². The molecular formula is CH2NbO4. The van der Waals surface area contributed by atoms with Crippen molar-refractivity contribution in [3.05, 3.63) is 0 Å². The Kier molecular flexibility index (Phi) is 13.6. The SMILES string of the molecule is O=C(O)O.[O]=[Nb]. The molecule has 0 saturated carbocycles. The normalized spacial score (nSPS) is 4.50. The molecule has 0 rings (SSSR count). The maximum absolute atomic E-state index is 8.56. The monoisotopic (exact) mass is 171 g/mol. The second-order valence-electron chi connectivity index (χ2n) is 0.283. The molecule has 0 aromatic carbocycles. The van der Waals surface area contributed by atoms with E-state index in [0.29, 0.717) is 21.0 Å². The molecule has 2 N–H and O–H groups in total. The first-order valence-electron chi connectivity index (χ1n) is 0.834. The molecule has 0 radical (unpaired) electrons. The van der Waals surface area contributed by atoms with Gasteiger partial charge in [0.1, 0.15) is 0 Å². The molecule has 0 atom stereocenters. The van der Waals surface area contributed by atoms with Crippen LogP contribution in [0.25, 0.3) is 0 Å². The second-order valence-corrected chi connectivity index (χ2v) is 0.283. The third kappa shape index (κ3) is 836. The van der Waals surface area contributed by atoms with E-state index in [1.807, 2.05) is 0 Å². The summed E-state index contributed by atoms with van der Waals surface area (Å²) in [6.45, 7) is 0. The number of hydrogen-bond acceptors (Lipinski definition) is 2. The number of carbonyl (C=O) groups is 1. The Morgan fingerprint density at radius 2 is 1.33 bits per heavy atom. The van der Waals surface area contributed by atoms with Crippen LogP contribution in [0.3, 0.4) is 0 Å². The van der Waals surface area contributed by atoms with Crippen molar-refractivity contribution < 1.29 is 39.3 Å². The summed E-state index contributed by atoms with van der Waals surface area (Å²) >= 11 is 0.500. The Morgan fingerprint density at radius 3 is 1.33 bits per heavy atom. The average Bonchev–Trinajstić information content (AvgIpc) is 1.41. The number of carboxylic acid groups (broad SMARTS) is 2. The molecule has 6 heavy (non-hydrogen) atoms. The Balaban J connectivity index is 0. The molecule has 0 saturated heterocycles. The molecule has 4 nitrogen and oxygen atoms in total. The quantitative estimate of drug-likeness (QED) is 0.506. The van der Waals surface area contributed by atoms with Crippen LogP contribution in [0.2, 0.25) is 0 Å². The molecule has 0 heterocycles. The number of hydrogen-bond donors (Lipinski definition) is 2. The molecular weight excluding hydrogens is 169 g/mol. The molecule has 0 unspecified atom stereocenters. The molecule has 0 aliphatic rings. The predicted octanol–water partition coefficient (Wildman–Crippen LogP) is 0.101. The Hall–Kier alpha value is -0.190. The zero-order valence-corrected chi connectivity index (χ0v) is 4.86. The van der Waals surface area contributed by atoms with Gasteiger partial charge < -0.3 is 10.2 Å². The molecule has 0 spiro atoms. The summed E-state index contributed by atoms with van der Waals surface area (Å²) in [6, 6.07) is 0. The second kappa shape index (κ2) is 8.84.